The van der Waals surface area contributed by atoms with Crippen LogP contribution in [0.2, 0.25) is 5.02 Å². The van der Waals surface area contributed by atoms with Gasteiger partial charge in [0.15, 0.2) is 0 Å². The Hall–Kier alpha value is -2.76. The van der Waals surface area contributed by atoms with Gasteiger partial charge < -0.3 is 4.74 Å². The average molecular weight is 346 g/mol. The fourth-order valence-electron chi connectivity index (χ4n) is 3.40. The molecule has 3 aromatic carbocycles. The van der Waals surface area contributed by atoms with E-state index in [4.69, 9.17) is 21.6 Å². The Bertz CT molecular complexity index is 1010. The van der Waals surface area contributed by atoms with Crippen molar-refractivity contribution >= 4 is 11.6 Å². The van der Waals surface area contributed by atoms with Gasteiger partial charge in [-0.25, -0.2) is 0 Å². The van der Waals surface area contributed by atoms with Crippen LogP contribution in [0.25, 0.3) is 11.1 Å². The molecule has 0 spiro atoms. The predicted molar refractivity (Wildman–Crippen MR) is 100 cm³/mol. The highest BCUT2D eigenvalue weighted by atomic mass is 35.5. The summed E-state index contributed by atoms with van der Waals surface area (Å²) in [4.78, 5) is 0. The molecule has 0 saturated heterocycles. The molecule has 1 aliphatic heterocycles. The second-order valence-corrected chi connectivity index (χ2v) is 7.20. The summed E-state index contributed by atoms with van der Waals surface area (Å²) in [6, 6.07) is 21.8. The number of nitrogens with zero attached hydrogens (tertiary/aromatic N) is 1. The van der Waals surface area contributed by atoms with E-state index in [2.05, 4.69) is 38.1 Å². The van der Waals surface area contributed by atoms with Crippen molar-refractivity contribution in [2.75, 3.05) is 0 Å². The summed E-state index contributed by atoms with van der Waals surface area (Å²) in [6.07, 6.45) is 0. The maximum Gasteiger partial charge on any atom is 0.133 e. The van der Waals surface area contributed by atoms with Crippen molar-refractivity contribution < 1.29 is 4.74 Å². The Labute approximate surface area is 152 Å². The fraction of sp³-hybridized carbons (Fsp3) is 0.136. The lowest BCUT2D eigenvalue weighted by atomic mass is 9.75. The number of benzene rings is 3. The first-order chi connectivity index (χ1) is 12.0. The summed E-state index contributed by atoms with van der Waals surface area (Å²) < 4.78 is 6.16. The van der Waals surface area contributed by atoms with E-state index in [9.17, 15) is 0 Å². The van der Waals surface area contributed by atoms with E-state index in [1.54, 1.807) is 0 Å². The molecule has 3 heteroatoms. The Morgan fingerprint density at radius 1 is 0.840 bits per heavy atom. The Morgan fingerprint density at radius 2 is 1.44 bits per heavy atom. The topological polar surface area (TPSA) is 33.0 Å². The van der Waals surface area contributed by atoms with Gasteiger partial charge in [0.1, 0.15) is 11.5 Å². The number of hydrogen-bond donors (Lipinski definition) is 0. The van der Waals surface area contributed by atoms with Gasteiger partial charge in [0.05, 0.1) is 11.6 Å². The molecule has 0 radical (unpaired) electrons. The van der Waals surface area contributed by atoms with E-state index < -0.39 is 0 Å². The zero-order chi connectivity index (χ0) is 17.6. The Kier molecular flexibility index (Phi) is 3.56. The predicted octanol–water partition coefficient (Wildman–Crippen LogP) is 6.31. The molecule has 0 amide bonds. The third-order valence-corrected chi connectivity index (χ3v) is 5.07. The normalized spacial score (nSPS) is 14.0. The molecule has 4 rings (SSSR count). The van der Waals surface area contributed by atoms with E-state index in [1.807, 2.05) is 42.5 Å². The van der Waals surface area contributed by atoms with Crippen LogP contribution in [0.1, 0.15) is 30.5 Å². The van der Waals surface area contributed by atoms with Crippen LogP contribution < -0.4 is 4.74 Å². The van der Waals surface area contributed by atoms with Crippen LogP contribution >= 0.6 is 11.6 Å². The van der Waals surface area contributed by atoms with Gasteiger partial charge in [-0.3, -0.25) is 0 Å². The van der Waals surface area contributed by atoms with E-state index in [0.29, 0.717) is 10.6 Å². The molecule has 0 bridgehead atoms. The highest BCUT2D eigenvalue weighted by molar-refractivity contribution is 6.30. The van der Waals surface area contributed by atoms with E-state index in [0.717, 1.165) is 33.8 Å². The second-order valence-electron chi connectivity index (χ2n) is 6.77. The van der Waals surface area contributed by atoms with Gasteiger partial charge in [0, 0.05) is 21.6 Å². The van der Waals surface area contributed by atoms with Crippen molar-refractivity contribution in [3.8, 4) is 28.7 Å². The minimum absolute atomic E-state index is 0.156. The van der Waals surface area contributed by atoms with Gasteiger partial charge in [-0.1, -0.05) is 55.8 Å². The molecule has 1 aliphatic rings. The third-order valence-electron chi connectivity index (χ3n) is 4.84. The standard InChI is InChI=1S/C22H16ClNO/c1-22(2)18-9-7-16(15-5-3-14(13-24)4-6-15)11-20(18)25-21-12-17(23)8-10-19(21)22/h3-12H,1-2H3. The molecule has 0 atom stereocenters. The summed E-state index contributed by atoms with van der Waals surface area (Å²) in [7, 11) is 0. The molecule has 0 saturated carbocycles. The molecule has 1 heterocycles. The zero-order valence-electron chi connectivity index (χ0n) is 14.0. The minimum Gasteiger partial charge on any atom is -0.457 e. The van der Waals surface area contributed by atoms with Gasteiger partial charge in [-0.2, -0.15) is 5.26 Å². The SMILES string of the molecule is CC1(C)c2ccc(Cl)cc2Oc2cc(-c3ccc(C#N)cc3)ccc21. The first-order valence-corrected chi connectivity index (χ1v) is 8.50. The quantitative estimate of drug-likeness (QED) is 0.517. The summed E-state index contributed by atoms with van der Waals surface area (Å²) in [5, 5.41) is 9.62. The van der Waals surface area contributed by atoms with Gasteiger partial charge in [-0.15, -0.1) is 0 Å². The number of halogens is 1. The minimum atomic E-state index is -0.156. The van der Waals surface area contributed by atoms with Crippen molar-refractivity contribution in [2.24, 2.45) is 0 Å². The summed E-state index contributed by atoms with van der Waals surface area (Å²) in [6.45, 7) is 4.39. The van der Waals surface area contributed by atoms with E-state index in [-0.39, 0.29) is 5.41 Å². The number of ether oxygens (including phenoxy) is 1. The molecular formula is C22H16ClNO. The van der Waals surface area contributed by atoms with E-state index in [1.165, 1.54) is 0 Å². The van der Waals surface area contributed by atoms with E-state index >= 15 is 0 Å². The largest absolute Gasteiger partial charge is 0.457 e. The monoisotopic (exact) mass is 345 g/mol. The van der Waals surface area contributed by atoms with Crippen LogP contribution in [0.4, 0.5) is 0 Å². The van der Waals surface area contributed by atoms with Gasteiger partial charge >= 0.3 is 0 Å². The maximum atomic E-state index is 8.95. The molecule has 0 unspecified atom stereocenters. The fourth-order valence-corrected chi connectivity index (χ4v) is 3.56. The van der Waals surface area contributed by atoms with Crippen molar-refractivity contribution in [1.82, 2.24) is 0 Å². The third kappa shape index (κ3) is 2.58. The molecular weight excluding hydrogens is 330 g/mol. The first kappa shape index (κ1) is 15.7. The lowest BCUT2D eigenvalue weighted by molar-refractivity contribution is 0.418. The van der Waals surface area contributed by atoms with Crippen molar-refractivity contribution in [3.05, 3.63) is 82.4 Å². The summed E-state index contributed by atoms with van der Waals surface area (Å²) in [5.41, 5.74) is 4.90. The smallest absolute Gasteiger partial charge is 0.133 e. The van der Waals surface area contributed by atoms with Crippen LogP contribution in [0, 0.1) is 11.3 Å². The molecule has 3 aromatic rings. The van der Waals surface area contributed by atoms with Crippen molar-refractivity contribution in [1.29, 1.82) is 5.26 Å². The molecule has 0 N–H and O–H groups in total. The summed E-state index contributed by atoms with van der Waals surface area (Å²) >= 11 is 6.15. The lowest BCUT2D eigenvalue weighted by Gasteiger charge is -2.34. The Morgan fingerprint density at radius 3 is 2.12 bits per heavy atom. The number of rotatable bonds is 1. The van der Waals surface area contributed by atoms with Crippen LogP contribution in [0.15, 0.2) is 60.7 Å². The van der Waals surface area contributed by atoms with Crippen molar-refractivity contribution in [3.63, 3.8) is 0 Å². The molecule has 0 aliphatic carbocycles. The molecule has 0 aromatic heterocycles. The molecule has 0 fully saturated rings. The van der Waals surface area contributed by atoms with Crippen molar-refractivity contribution in [2.45, 2.75) is 19.3 Å². The number of fused-ring (bicyclic) bond motifs is 2. The highest BCUT2D eigenvalue weighted by Crippen LogP contribution is 2.49. The molecule has 2 nitrogen and oxygen atoms in total. The first-order valence-electron chi connectivity index (χ1n) is 8.12. The van der Waals surface area contributed by atoms with Gasteiger partial charge in [-0.05, 0) is 41.5 Å². The number of hydrogen-bond acceptors (Lipinski definition) is 2. The number of nitriles is 1. The molecule has 122 valence electrons. The van der Waals surface area contributed by atoms with Crippen LogP contribution in [-0.2, 0) is 5.41 Å². The second kappa shape index (κ2) is 5.65. The zero-order valence-corrected chi connectivity index (χ0v) is 14.8. The van der Waals surface area contributed by atoms with Gasteiger partial charge in [0.2, 0.25) is 0 Å². The van der Waals surface area contributed by atoms with Gasteiger partial charge in [0.25, 0.3) is 0 Å². The van der Waals surface area contributed by atoms with Crippen LogP contribution in [0.5, 0.6) is 11.5 Å². The lowest BCUT2D eigenvalue weighted by Crippen LogP contribution is -2.24. The molecule has 25 heavy (non-hydrogen) atoms. The average Bonchev–Trinajstić information content (AvgIpc) is 2.61. The van der Waals surface area contributed by atoms with Crippen LogP contribution in [0.3, 0.4) is 0 Å². The van der Waals surface area contributed by atoms with Crippen LogP contribution in [-0.4, -0.2) is 0 Å². The summed E-state index contributed by atoms with van der Waals surface area (Å²) in [5.74, 6) is 1.66. The Balaban J connectivity index is 1.81. The maximum absolute atomic E-state index is 8.95. The highest BCUT2D eigenvalue weighted by Gasteiger charge is 2.34.